The molecule has 0 unspecified atom stereocenters. The van der Waals surface area contributed by atoms with Gasteiger partial charge < -0.3 is 25.2 Å². The van der Waals surface area contributed by atoms with Crippen LogP contribution >= 0.6 is 24.0 Å². The van der Waals surface area contributed by atoms with E-state index in [0.29, 0.717) is 6.54 Å². The van der Waals surface area contributed by atoms with E-state index in [1.807, 2.05) is 6.20 Å². The zero-order valence-corrected chi connectivity index (χ0v) is 20.1. The Morgan fingerprint density at radius 1 is 1.10 bits per heavy atom. The molecule has 2 fully saturated rings. The minimum Gasteiger partial charge on any atom is -0.379 e. The van der Waals surface area contributed by atoms with Gasteiger partial charge in [-0.2, -0.15) is 0 Å². The number of aliphatic imine (C=N–C) groups is 1. The molecule has 2 aliphatic heterocycles. The fraction of sp³-hybridized carbons (Fsp3) is 0.700. The molecule has 0 amide bonds. The molecule has 8 nitrogen and oxygen atoms in total. The maximum absolute atomic E-state index is 5.40. The number of nitrogens with zero attached hydrogens (tertiary/aromatic N) is 5. The zero-order valence-electron chi connectivity index (χ0n) is 17.8. The van der Waals surface area contributed by atoms with Gasteiger partial charge in [0.25, 0.3) is 0 Å². The largest absolute Gasteiger partial charge is 0.379 e. The standard InChI is InChI=1S/C20H35N7O.HI/c1-3-21-20(22-6-7-26-12-14-28-15-13-26)24-17-18-4-5-19(23-16-18)27-10-8-25(2)9-11-27;/h4-5,16H,3,6-15,17H2,1-2H3,(H2,21,22,24);1H. The van der Waals surface area contributed by atoms with Crippen molar-refractivity contribution in [2.24, 2.45) is 4.99 Å². The Balaban J connectivity index is 0.00000300. The van der Waals surface area contributed by atoms with E-state index < -0.39 is 0 Å². The summed E-state index contributed by atoms with van der Waals surface area (Å²) in [5, 5.41) is 6.75. The number of anilines is 1. The molecule has 0 aromatic carbocycles. The number of nitrogens with one attached hydrogen (secondary N) is 2. The number of aromatic nitrogens is 1. The normalized spacial score (nSPS) is 19.0. The monoisotopic (exact) mass is 517 g/mol. The van der Waals surface area contributed by atoms with Crippen LogP contribution in [0.2, 0.25) is 0 Å². The number of guanidine groups is 1. The molecule has 0 atom stereocenters. The van der Waals surface area contributed by atoms with Crippen LogP contribution in [-0.4, -0.2) is 99.9 Å². The molecule has 0 aliphatic carbocycles. The predicted octanol–water partition coefficient (Wildman–Crippen LogP) is 0.839. The third-order valence-corrected chi connectivity index (χ3v) is 5.22. The van der Waals surface area contributed by atoms with Crippen LogP contribution < -0.4 is 15.5 Å². The lowest BCUT2D eigenvalue weighted by molar-refractivity contribution is 0.0389. The van der Waals surface area contributed by atoms with Crippen LogP contribution in [0.15, 0.2) is 23.3 Å². The van der Waals surface area contributed by atoms with Crippen molar-refractivity contribution in [2.45, 2.75) is 13.5 Å². The van der Waals surface area contributed by atoms with Crippen LogP contribution in [0.3, 0.4) is 0 Å². The van der Waals surface area contributed by atoms with Gasteiger partial charge in [0.2, 0.25) is 0 Å². The van der Waals surface area contributed by atoms with Crippen LogP contribution in [0.5, 0.6) is 0 Å². The van der Waals surface area contributed by atoms with Crippen LogP contribution in [0.1, 0.15) is 12.5 Å². The van der Waals surface area contributed by atoms with Crippen molar-refractivity contribution in [2.75, 3.05) is 84.1 Å². The van der Waals surface area contributed by atoms with Gasteiger partial charge in [-0.05, 0) is 25.6 Å². The van der Waals surface area contributed by atoms with E-state index in [-0.39, 0.29) is 24.0 Å². The molecule has 9 heteroatoms. The summed E-state index contributed by atoms with van der Waals surface area (Å²) >= 11 is 0. The summed E-state index contributed by atoms with van der Waals surface area (Å²) in [4.78, 5) is 16.5. The number of halogens is 1. The van der Waals surface area contributed by atoms with Gasteiger partial charge >= 0.3 is 0 Å². The molecule has 29 heavy (non-hydrogen) atoms. The van der Waals surface area contributed by atoms with E-state index in [1.165, 1.54) is 0 Å². The smallest absolute Gasteiger partial charge is 0.191 e. The average Bonchev–Trinajstić information content (AvgIpc) is 2.74. The van der Waals surface area contributed by atoms with Crippen LogP contribution in [0.4, 0.5) is 5.82 Å². The Morgan fingerprint density at radius 3 is 2.52 bits per heavy atom. The van der Waals surface area contributed by atoms with Crippen molar-refractivity contribution >= 4 is 35.8 Å². The number of morpholine rings is 1. The Hall–Kier alpha value is -1.17. The molecule has 3 heterocycles. The summed E-state index contributed by atoms with van der Waals surface area (Å²) in [6.45, 7) is 13.4. The molecule has 0 radical (unpaired) electrons. The van der Waals surface area contributed by atoms with Crippen molar-refractivity contribution in [3.8, 4) is 0 Å². The highest BCUT2D eigenvalue weighted by Gasteiger charge is 2.15. The number of hydrogen-bond acceptors (Lipinski definition) is 6. The second-order valence-electron chi connectivity index (χ2n) is 7.39. The SMILES string of the molecule is CCNC(=NCc1ccc(N2CCN(C)CC2)nc1)NCCN1CCOCC1.I. The molecule has 0 bridgehead atoms. The fourth-order valence-corrected chi connectivity index (χ4v) is 3.40. The molecule has 2 saturated heterocycles. The number of pyridine rings is 1. The van der Waals surface area contributed by atoms with Gasteiger partial charge in [-0.25, -0.2) is 9.98 Å². The first-order chi connectivity index (χ1) is 13.7. The Morgan fingerprint density at radius 2 is 1.86 bits per heavy atom. The van der Waals surface area contributed by atoms with Gasteiger partial charge in [-0.1, -0.05) is 6.07 Å². The summed E-state index contributed by atoms with van der Waals surface area (Å²) in [7, 11) is 2.17. The minimum atomic E-state index is 0. The fourth-order valence-electron chi connectivity index (χ4n) is 3.40. The zero-order chi connectivity index (χ0) is 19.6. The summed E-state index contributed by atoms with van der Waals surface area (Å²) in [5.74, 6) is 1.93. The highest BCUT2D eigenvalue weighted by atomic mass is 127. The highest BCUT2D eigenvalue weighted by Crippen LogP contribution is 2.14. The molecule has 1 aromatic rings. The maximum Gasteiger partial charge on any atom is 0.191 e. The second-order valence-corrected chi connectivity index (χ2v) is 7.39. The lowest BCUT2D eigenvalue weighted by Crippen LogP contribution is -2.44. The van der Waals surface area contributed by atoms with Crippen LogP contribution in [0, 0.1) is 0 Å². The van der Waals surface area contributed by atoms with Crippen LogP contribution in [0.25, 0.3) is 0 Å². The van der Waals surface area contributed by atoms with E-state index >= 15 is 0 Å². The van der Waals surface area contributed by atoms with E-state index in [0.717, 1.165) is 89.5 Å². The maximum atomic E-state index is 5.40. The van der Waals surface area contributed by atoms with E-state index in [1.54, 1.807) is 0 Å². The van der Waals surface area contributed by atoms with Crippen molar-refractivity contribution in [1.29, 1.82) is 0 Å². The molecular formula is C20H36IN7O. The highest BCUT2D eigenvalue weighted by molar-refractivity contribution is 14.0. The quantitative estimate of drug-likeness (QED) is 0.316. The Bertz CT molecular complexity index is 599. The lowest BCUT2D eigenvalue weighted by Gasteiger charge is -2.33. The van der Waals surface area contributed by atoms with E-state index in [4.69, 9.17) is 9.73 Å². The van der Waals surface area contributed by atoms with Gasteiger partial charge in [0, 0.05) is 65.1 Å². The predicted molar refractivity (Wildman–Crippen MR) is 129 cm³/mol. The Labute approximate surface area is 192 Å². The molecule has 2 N–H and O–H groups in total. The molecule has 0 spiro atoms. The summed E-state index contributed by atoms with van der Waals surface area (Å²) < 4.78 is 5.40. The first-order valence-electron chi connectivity index (χ1n) is 10.5. The molecular weight excluding hydrogens is 481 g/mol. The third kappa shape index (κ3) is 8.23. The van der Waals surface area contributed by atoms with Gasteiger partial charge in [0.15, 0.2) is 5.96 Å². The molecule has 3 rings (SSSR count). The average molecular weight is 517 g/mol. The number of likely N-dealkylation sites (N-methyl/N-ethyl adjacent to an activating group) is 1. The van der Waals surface area contributed by atoms with E-state index in [9.17, 15) is 0 Å². The molecule has 0 saturated carbocycles. The van der Waals surface area contributed by atoms with Crippen molar-refractivity contribution in [3.63, 3.8) is 0 Å². The van der Waals surface area contributed by atoms with Crippen molar-refractivity contribution in [1.82, 2.24) is 25.4 Å². The molecule has 1 aromatic heterocycles. The third-order valence-electron chi connectivity index (χ3n) is 5.22. The van der Waals surface area contributed by atoms with Gasteiger partial charge in [0.1, 0.15) is 5.82 Å². The second kappa shape index (κ2) is 13.2. The van der Waals surface area contributed by atoms with Gasteiger partial charge in [-0.15, -0.1) is 24.0 Å². The van der Waals surface area contributed by atoms with Crippen LogP contribution in [-0.2, 0) is 11.3 Å². The summed E-state index contributed by atoms with van der Waals surface area (Å²) in [6, 6.07) is 4.26. The lowest BCUT2D eigenvalue weighted by atomic mass is 10.2. The first-order valence-corrected chi connectivity index (χ1v) is 10.5. The molecule has 2 aliphatic rings. The number of rotatable bonds is 7. The number of hydrogen-bond donors (Lipinski definition) is 2. The van der Waals surface area contributed by atoms with Gasteiger partial charge in [-0.3, -0.25) is 4.90 Å². The van der Waals surface area contributed by atoms with Gasteiger partial charge in [0.05, 0.1) is 19.8 Å². The van der Waals surface area contributed by atoms with Crippen molar-refractivity contribution < 1.29 is 4.74 Å². The molecule has 164 valence electrons. The first kappa shape index (κ1) is 24.1. The summed E-state index contributed by atoms with van der Waals surface area (Å²) in [6.07, 6.45) is 1.95. The number of ether oxygens (including phenoxy) is 1. The number of piperazine rings is 1. The minimum absolute atomic E-state index is 0. The summed E-state index contributed by atoms with van der Waals surface area (Å²) in [5.41, 5.74) is 1.13. The Kier molecular flexibility index (Phi) is 11.0. The van der Waals surface area contributed by atoms with E-state index in [2.05, 4.69) is 56.4 Å². The van der Waals surface area contributed by atoms with Crippen molar-refractivity contribution in [3.05, 3.63) is 23.9 Å². The topological polar surface area (TPSA) is 68.3 Å².